The molecule has 5 heteroatoms. The third-order valence-corrected chi connectivity index (χ3v) is 17.9. The summed E-state index contributed by atoms with van der Waals surface area (Å²) in [6.45, 7) is 7.47. The van der Waals surface area contributed by atoms with Crippen molar-refractivity contribution in [2.24, 2.45) is 0 Å². The predicted molar refractivity (Wildman–Crippen MR) is 152 cm³/mol. The van der Waals surface area contributed by atoms with Gasteiger partial charge in [0.25, 0.3) is 0 Å². The van der Waals surface area contributed by atoms with Crippen LogP contribution in [-0.4, -0.2) is 5.92 Å². The number of hydrogen-bond acceptors (Lipinski definition) is 0. The van der Waals surface area contributed by atoms with Crippen LogP contribution in [-0.2, 0) is 22.4 Å². The summed E-state index contributed by atoms with van der Waals surface area (Å²) < 4.78 is 1.82. The molecule has 0 N–H and O–H groups in total. The molecule has 2 aliphatic carbocycles. The van der Waals surface area contributed by atoms with E-state index in [4.69, 9.17) is 0 Å². The minimum absolute atomic E-state index is 0. The van der Waals surface area contributed by atoms with Gasteiger partial charge in [0.05, 0.1) is 0 Å². The van der Waals surface area contributed by atoms with Crippen molar-refractivity contribution >= 4 is 27.9 Å². The summed E-state index contributed by atoms with van der Waals surface area (Å²) >= 11 is 3.08. The van der Waals surface area contributed by atoms with Crippen molar-refractivity contribution in [1.82, 2.24) is 0 Å². The van der Waals surface area contributed by atoms with E-state index >= 15 is 0 Å². The first-order valence-corrected chi connectivity index (χ1v) is 22.0. The van der Waals surface area contributed by atoms with Crippen LogP contribution < -0.4 is 24.8 Å². The van der Waals surface area contributed by atoms with Crippen molar-refractivity contribution in [3.05, 3.63) is 123 Å². The second kappa shape index (κ2) is 11.9. The Hall–Kier alpha value is -1.22. The molecule has 4 aromatic rings. The molecule has 0 bridgehead atoms. The molecule has 0 heterocycles. The second-order valence-corrected chi connectivity index (χ2v) is 25.9. The van der Waals surface area contributed by atoms with E-state index in [-0.39, 0.29) is 24.8 Å². The van der Waals surface area contributed by atoms with Crippen LogP contribution in [0, 0.1) is 0 Å². The molecule has 0 aromatic heterocycles. The van der Waals surface area contributed by atoms with E-state index in [0.717, 1.165) is 10.9 Å². The molecular weight excluding hydrogens is 654 g/mol. The molecule has 2 atom stereocenters. The fourth-order valence-electron chi connectivity index (χ4n) is 6.07. The van der Waals surface area contributed by atoms with E-state index in [2.05, 4.69) is 127 Å². The molecule has 4 aromatic carbocycles. The Morgan fingerprint density at radius 2 is 1.35 bits per heavy atom. The van der Waals surface area contributed by atoms with Crippen LogP contribution in [0.4, 0.5) is 0 Å². The van der Waals surface area contributed by atoms with E-state index in [9.17, 15) is 0 Å². The van der Waals surface area contributed by atoms with Gasteiger partial charge in [0.2, 0.25) is 0 Å². The van der Waals surface area contributed by atoms with E-state index in [1.54, 1.807) is 22.3 Å². The summed E-state index contributed by atoms with van der Waals surface area (Å²) in [6, 6.07) is 32.1. The normalized spacial score (nSPS) is 16.6. The van der Waals surface area contributed by atoms with Crippen LogP contribution in [0.1, 0.15) is 50.7 Å². The quantitative estimate of drug-likeness (QED) is 0.284. The van der Waals surface area contributed by atoms with Gasteiger partial charge in [-0.2, -0.15) is 0 Å². The molecule has 6 rings (SSSR count). The minimum Gasteiger partial charge on any atom is -1.00 e. The van der Waals surface area contributed by atoms with Gasteiger partial charge in [-0.15, -0.1) is 0 Å². The van der Waals surface area contributed by atoms with Crippen LogP contribution in [0.25, 0.3) is 28.3 Å². The van der Waals surface area contributed by atoms with Gasteiger partial charge in [0, 0.05) is 0 Å². The molecule has 186 valence electrons. The van der Waals surface area contributed by atoms with E-state index in [0.29, 0.717) is 9.54 Å². The fourth-order valence-corrected chi connectivity index (χ4v) is 16.2. The second-order valence-electron chi connectivity index (χ2n) is 9.97. The van der Waals surface area contributed by atoms with Gasteiger partial charge in [-0.3, -0.25) is 0 Å². The first-order valence-electron chi connectivity index (χ1n) is 12.6. The van der Waals surface area contributed by atoms with Crippen LogP contribution >= 0.6 is 15.9 Å². The topological polar surface area (TPSA) is 0 Å². The molecule has 0 saturated heterocycles. The van der Waals surface area contributed by atoms with Gasteiger partial charge in [-0.1, -0.05) is 0 Å². The molecule has 37 heavy (non-hydrogen) atoms. The SMILES string of the molecule is CCC1=Cc2c(-c3ccc(Br)cc3)cccc2C1c1cccc2c1[CH]([Zr+2][SiH](C)C)c1ccccc1-2.[Cl-].[Cl-]. The predicted octanol–water partition coefficient (Wildman–Crippen LogP) is 3.20. The van der Waals surface area contributed by atoms with Crippen molar-refractivity contribution < 1.29 is 47.2 Å². The molecule has 0 spiro atoms. The summed E-state index contributed by atoms with van der Waals surface area (Å²) in [5, 5.41) is 0. The first kappa shape index (κ1) is 28.8. The zero-order chi connectivity index (χ0) is 24.1. The largest absolute Gasteiger partial charge is 1.00 e. The Bertz CT molecular complexity index is 1460. The van der Waals surface area contributed by atoms with Crippen LogP contribution in [0.2, 0.25) is 13.1 Å². The van der Waals surface area contributed by atoms with E-state index in [1.807, 2.05) is 0 Å². The van der Waals surface area contributed by atoms with Gasteiger partial charge in [0.1, 0.15) is 0 Å². The van der Waals surface area contributed by atoms with Crippen LogP contribution in [0.15, 0.2) is 95.0 Å². The summed E-state index contributed by atoms with van der Waals surface area (Å²) in [4.78, 5) is 0. The average molecular weight is 684 g/mol. The van der Waals surface area contributed by atoms with Gasteiger partial charge < -0.3 is 24.8 Å². The van der Waals surface area contributed by atoms with Gasteiger partial charge in [-0.05, 0) is 0 Å². The van der Waals surface area contributed by atoms with Crippen molar-refractivity contribution in [3.63, 3.8) is 0 Å². The summed E-state index contributed by atoms with van der Waals surface area (Å²) in [5.74, 6) is -0.222. The molecule has 0 amide bonds. The Kier molecular flexibility index (Phi) is 9.25. The number of allylic oxidation sites excluding steroid dienone is 1. The van der Waals surface area contributed by atoms with Crippen LogP contribution in [0.3, 0.4) is 0 Å². The maximum Gasteiger partial charge on any atom is -1.00 e. The molecule has 2 unspecified atom stereocenters. The maximum atomic E-state index is 3.60. The summed E-state index contributed by atoms with van der Waals surface area (Å²) in [5.41, 5.74) is 15.0. The number of benzene rings is 4. The maximum absolute atomic E-state index is 3.60. The standard InChI is InChI=1S/C30H22Br.C2H7Si.2ClH.Zr/c1-2-19-17-28-23(20-13-15-22(31)16-14-20)9-5-11-26(28)30(19)27-12-6-10-25-24-8-4-3-7-21(24)18-29(25)27;1-3-2;;;/h3-18,30H,2H2,1H3;3H,1-2H3;2*1H;/q;;;;+2/p-2. The number of hydrogen-bond donors (Lipinski definition) is 0. The number of fused-ring (bicyclic) bond motifs is 4. The van der Waals surface area contributed by atoms with Gasteiger partial charge in [-0.25, -0.2) is 0 Å². The van der Waals surface area contributed by atoms with Crippen molar-refractivity contribution in [3.8, 4) is 22.3 Å². The molecule has 0 nitrogen and oxygen atoms in total. The monoisotopic (exact) mass is 680 g/mol. The Labute approximate surface area is 254 Å². The molecule has 0 saturated carbocycles. The molecule has 2 aliphatic rings. The molecule has 0 radical (unpaired) electrons. The fraction of sp³-hybridized carbons (Fsp3) is 0.188. The third-order valence-electron chi connectivity index (χ3n) is 7.52. The summed E-state index contributed by atoms with van der Waals surface area (Å²) in [6.07, 6.45) is 3.59. The van der Waals surface area contributed by atoms with Crippen LogP contribution in [0.5, 0.6) is 0 Å². The van der Waals surface area contributed by atoms with E-state index in [1.165, 1.54) is 33.4 Å². The smallest absolute Gasteiger partial charge is 1.00 e. The molecular formula is C32H29BrCl2SiZr. The van der Waals surface area contributed by atoms with Crippen molar-refractivity contribution in [2.45, 2.75) is 36.0 Å². The van der Waals surface area contributed by atoms with Crippen molar-refractivity contribution in [2.75, 3.05) is 0 Å². The zero-order valence-electron chi connectivity index (χ0n) is 21.2. The Morgan fingerprint density at radius 3 is 2.05 bits per heavy atom. The number of rotatable bonds is 5. The minimum atomic E-state index is -0.588. The zero-order valence-corrected chi connectivity index (χ0v) is 27.9. The summed E-state index contributed by atoms with van der Waals surface area (Å²) in [7, 11) is 0. The van der Waals surface area contributed by atoms with Gasteiger partial charge >= 0.3 is 231 Å². The van der Waals surface area contributed by atoms with E-state index < -0.39 is 28.3 Å². The van der Waals surface area contributed by atoms with Crippen molar-refractivity contribution in [1.29, 1.82) is 0 Å². The number of halogens is 3. The van der Waals surface area contributed by atoms with Gasteiger partial charge in [0.15, 0.2) is 0 Å². The average Bonchev–Trinajstić information content (AvgIpc) is 3.40. The molecule has 0 fully saturated rings. The Balaban J connectivity index is 0.00000160. The molecule has 0 aliphatic heterocycles. The third kappa shape index (κ3) is 5.08. The first-order chi connectivity index (χ1) is 17.1. The Morgan fingerprint density at radius 1 is 0.730 bits per heavy atom.